The molecule has 80 valence electrons. The molecule has 1 atom stereocenters. The van der Waals surface area contributed by atoms with Crippen molar-refractivity contribution in [3.05, 3.63) is 47.8 Å². The number of hydrogen-bond acceptors (Lipinski definition) is 3. The minimum Gasteiger partial charge on any atom is -0.472 e. The topological polar surface area (TPSA) is 38.3 Å². The monoisotopic (exact) mass is 205 g/mol. The lowest BCUT2D eigenvalue weighted by Crippen LogP contribution is -2.21. The van der Waals surface area contributed by atoms with Crippen molar-refractivity contribution in [1.82, 2.24) is 5.32 Å². The summed E-state index contributed by atoms with van der Waals surface area (Å²) in [5, 5.41) is 3.37. The van der Waals surface area contributed by atoms with E-state index in [1.807, 2.05) is 19.1 Å². The van der Waals surface area contributed by atoms with Crippen molar-refractivity contribution in [3.63, 3.8) is 0 Å². The van der Waals surface area contributed by atoms with Crippen LogP contribution in [0.15, 0.2) is 39.8 Å². The van der Waals surface area contributed by atoms with E-state index in [1.165, 1.54) is 0 Å². The first-order chi connectivity index (χ1) is 7.33. The molecule has 3 heteroatoms. The molecule has 2 rings (SSSR count). The number of furan rings is 2. The summed E-state index contributed by atoms with van der Waals surface area (Å²) in [4.78, 5) is 0. The van der Waals surface area contributed by atoms with Crippen LogP contribution in [-0.2, 0) is 0 Å². The fourth-order valence-electron chi connectivity index (χ4n) is 1.69. The van der Waals surface area contributed by atoms with E-state index in [9.17, 15) is 0 Å². The van der Waals surface area contributed by atoms with Gasteiger partial charge in [0.05, 0.1) is 24.8 Å². The molecule has 0 radical (unpaired) electrons. The smallest absolute Gasteiger partial charge is 0.128 e. The van der Waals surface area contributed by atoms with Gasteiger partial charge in [-0.3, -0.25) is 0 Å². The quantitative estimate of drug-likeness (QED) is 0.834. The first kappa shape index (κ1) is 10.1. The van der Waals surface area contributed by atoms with Crippen molar-refractivity contribution >= 4 is 0 Å². The number of aryl methyl sites for hydroxylation is 1. The molecule has 0 spiro atoms. The van der Waals surface area contributed by atoms with Crippen molar-refractivity contribution in [2.75, 3.05) is 6.54 Å². The molecule has 2 aromatic heterocycles. The normalized spacial score (nSPS) is 12.9. The molecule has 2 heterocycles. The van der Waals surface area contributed by atoms with Crippen LogP contribution in [0.4, 0.5) is 0 Å². The van der Waals surface area contributed by atoms with Gasteiger partial charge in [-0.25, -0.2) is 0 Å². The lowest BCUT2D eigenvalue weighted by Gasteiger charge is -2.14. The van der Waals surface area contributed by atoms with Gasteiger partial charge in [0.25, 0.3) is 0 Å². The van der Waals surface area contributed by atoms with Gasteiger partial charge in [0.15, 0.2) is 0 Å². The average Bonchev–Trinajstić information content (AvgIpc) is 2.85. The lowest BCUT2D eigenvalue weighted by atomic mass is 10.1. The van der Waals surface area contributed by atoms with Crippen LogP contribution in [0.5, 0.6) is 0 Å². The van der Waals surface area contributed by atoms with Crippen molar-refractivity contribution in [2.45, 2.75) is 19.9 Å². The number of rotatable bonds is 4. The van der Waals surface area contributed by atoms with Gasteiger partial charge in [0, 0.05) is 5.56 Å². The largest absolute Gasteiger partial charge is 0.472 e. The summed E-state index contributed by atoms with van der Waals surface area (Å²) in [5.41, 5.74) is 2.25. The molecule has 0 aliphatic carbocycles. The SMILES string of the molecule is CCNC(c1ccoc1)c1occc1C. The van der Waals surface area contributed by atoms with E-state index in [-0.39, 0.29) is 6.04 Å². The van der Waals surface area contributed by atoms with Crippen LogP contribution in [0.25, 0.3) is 0 Å². The Bertz CT molecular complexity index is 403. The van der Waals surface area contributed by atoms with Crippen LogP contribution in [-0.4, -0.2) is 6.54 Å². The molecule has 0 aliphatic heterocycles. The van der Waals surface area contributed by atoms with Crippen LogP contribution >= 0.6 is 0 Å². The standard InChI is InChI=1S/C12H15NO2/c1-3-13-11(10-5-6-14-8-10)12-9(2)4-7-15-12/h4-8,11,13H,3H2,1-2H3. The number of hydrogen-bond donors (Lipinski definition) is 1. The maximum absolute atomic E-state index is 5.50. The molecule has 2 aromatic rings. The van der Waals surface area contributed by atoms with E-state index in [4.69, 9.17) is 8.83 Å². The molecule has 0 aliphatic rings. The predicted octanol–water partition coefficient (Wildman–Crippen LogP) is 2.88. The third-order valence-electron chi connectivity index (χ3n) is 2.45. The summed E-state index contributed by atoms with van der Waals surface area (Å²) in [6, 6.07) is 4.01. The van der Waals surface area contributed by atoms with E-state index < -0.39 is 0 Å². The Morgan fingerprint density at radius 3 is 2.73 bits per heavy atom. The third-order valence-corrected chi connectivity index (χ3v) is 2.45. The van der Waals surface area contributed by atoms with E-state index >= 15 is 0 Å². The molecule has 0 fully saturated rings. The molecule has 3 nitrogen and oxygen atoms in total. The molecule has 15 heavy (non-hydrogen) atoms. The molecule has 0 saturated carbocycles. The second-order valence-electron chi connectivity index (χ2n) is 3.52. The van der Waals surface area contributed by atoms with Crippen LogP contribution in [0.2, 0.25) is 0 Å². The van der Waals surface area contributed by atoms with E-state index in [1.54, 1.807) is 18.8 Å². The predicted molar refractivity (Wildman–Crippen MR) is 57.7 cm³/mol. The minimum atomic E-state index is 0.0868. The molecule has 0 amide bonds. The molecule has 0 saturated heterocycles. The fraction of sp³-hybridized carbons (Fsp3) is 0.333. The molecular formula is C12H15NO2. The lowest BCUT2D eigenvalue weighted by molar-refractivity contribution is 0.446. The molecule has 0 aromatic carbocycles. The molecular weight excluding hydrogens is 190 g/mol. The molecule has 0 bridgehead atoms. The van der Waals surface area contributed by atoms with E-state index in [2.05, 4.69) is 12.2 Å². The minimum absolute atomic E-state index is 0.0868. The van der Waals surface area contributed by atoms with Gasteiger partial charge in [-0.15, -0.1) is 0 Å². The van der Waals surface area contributed by atoms with Crippen LogP contribution in [0, 0.1) is 6.92 Å². The zero-order chi connectivity index (χ0) is 10.7. The fourth-order valence-corrected chi connectivity index (χ4v) is 1.69. The van der Waals surface area contributed by atoms with Crippen LogP contribution in [0.1, 0.15) is 29.9 Å². The van der Waals surface area contributed by atoms with Crippen molar-refractivity contribution < 1.29 is 8.83 Å². The highest BCUT2D eigenvalue weighted by atomic mass is 16.3. The van der Waals surface area contributed by atoms with E-state index in [0.717, 1.165) is 23.4 Å². The Morgan fingerprint density at radius 1 is 1.33 bits per heavy atom. The summed E-state index contributed by atoms with van der Waals surface area (Å²) in [5.74, 6) is 0.957. The van der Waals surface area contributed by atoms with Crippen LogP contribution < -0.4 is 5.32 Å². The molecule has 1 unspecified atom stereocenters. The van der Waals surface area contributed by atoms with Gasteiger partial charge in [0.2, 0.25) is 0 Å². The van der Waals surface area contributed by atoms with Gasteiger partial charge in [-0.1, -0.05) is 6.92 Å². The highest BCUT2D eigenvalue weighted by Gasteiger charge is 2.18. The van der Waals surface area contributed by atoms with Crippen molar-refractivity contribution in [3.8, 4) is 0 Å². The van der Waals surface area contributed by atoms with Gasteiger partial charge in [0.1, 0.15) is 5.76 Å². The van der Waals surface area contributed by atoms with Crippen molar-refractivity contribution in [2.24, 2.45) is 0 Å². The first-order valence-corrected chi connectivity index (χ1v) is 5.12. The number of nitrogens with one attached hydrogen (secondary N) is 1. The van der Waals surface area contributed by atoms with Gasteiger partial charge in [-0.2, -0.15) is 0 Å². The summed E-state index contributed by atoms with van der Waals surface area (Å²) >= 11 is 0. The zero-order valence-electron chi connectivity index (χ0n) is 8.99. The second-order valence-corrected chi connectivity index (χ2v) is 3.52. The average molecular weight is 205 g/mol. The Kier molecular flexibility index (Phi) is 2.92. The van der Waals surface area contributed by atoms with E-state index in [0.29, 0.717) is 0 Å². The summed E-state index contributed by atoms with van der Waals surface area (Å²) in [6.07, 6.45) is 5.14. The van der Waals surface area contributed by atoms with Gasteiger partial charge >= 0.3 is 0 Å². The Labute approximate surface area is 89.1 Å². The van der Waals surface area contributed by atoms with Crippen LogP contribution in [0.3, 0.4) is 0 Å². The highest BCUT2D eigenvalue weighted by Crippen LogP contribution is 2.25. The second kappa shape index (κ2) is 4.36. The zero-order valence-corrected chi connectivity index (χ0v) is 8.99. The Morgan fingerprint density at radius 2 is 2.20 bits per heavy atom. The van der Waals surface area contributed by atoms with Gasteiger partial charge < -0.3 is 14.2 Å². The summed E-state index contributed by atoms with van der Waals surface area (Å²) < 4.78 is 10.6. The van der Waals surface area contributed by atoms with Crippen molar-refractivity contribution in [1.29, 1.82) is 0 Å². The Balaban J connectivity index is 2.32. The van der Waals surface area contributed by atoms with Gasteiger partial charge in [-0.05, 0) is 31.2 Å². The maximum atomic E-state index is 5.50. The third kappa shape index (κ3) is 1.97. The highest BCUT2D eigenvalue weighted by molar-refractivity contribution is 5.28. The summed E-state index contributed by atoms with van der Waals surface area (Å²) in [7, 11) is 0. The first-order valence-electron chi connectivity index (χ1n) is 5.12. The summed E-state index contributed by atoms with van der Waals surface area (Å²) in [6.45, 7) is 5.00. The molecule has 1 N–H and O–H groups in total. The Hall–Kier alpha value is -1.48. The maximum Gasteiger partial charge on any atom is 0.128 e.